The first-order valence-electron chi connectivity index (χ1n) is 7.36. The zero-order valence-electron chi connectivity index (χ0n) is 12.1. The van der Waals surface area contributed by atoms with Crippen LogP contribution < -0.4 is 5.73 Å². The molecule has 1 heterocycles. The molecule has 110 valence electrons. The van der Waals surface area contributed by atoms with Crippen LogP contribution in [0.2, 0.25) is 0 Å². The molecule has 0 aromatic rings. The molecule has 1 aliphatic carbocycles. The van der Waals surface area contributed by atoms with E-state index in [0.717, 1.165) is 38.8 Å². The van der Waals surface area contributed by atoms with E-state index in [2.05, 4.69) is 11.9 Å². The van der Waals surface area contributed by atoms with E-state index in [4.69, 9.17) is 5.73 Å². The van der Waals surface area contributed by atoms with E-state index < -0.39 is 5.54 Å². The third-order valence-electron chi connectivity index (χ3n) is 4.62. The first-order valence-corrected chi connectivity index (χ1v) is 7.36. The molecular formula is C14H27N3O2. The van der Waals surface area contributed by atoms with Crippen LogP contribution in [-0.2, 0) is 4.79 Å². The van der Waals surface area contributed by atoms with Crippen molar-refractivity contribution in [3.63, 3.8) is 0 Å². The van der Waals surface area contributed by atoms with Crippen LogP contribution in [0.1, 0.15) is 32.6 Å². The molecule has 5 heteroatoms. The molecule has 0 spiro atoms. The number of aliphatic hydroxyl groups is 1. The highest BCUT2D eigenvalue weighted by molar-refractivity contribution is 5.86. The Labute approximate surface area is 115 Å². The molecule has 0 aromatic heterocycles. The first kappa shape index (κ1) is 14.8. The zero-order valence-corrected chi connectivity index (χ0v) is 12.1. The number of carbonyl (C=O) groups is 1. The van der Waals surface area contributed by atoms with E-state index in [1.165, 1.54) is 0 Å². The van der Waals surface area contributed by atoms with Gasteiger partial charge in [-0.1, -0.05) is 0 Å². The molecule has 3 N–H and O–H groups in total. The topological polar surface area (TPSA) is 69.8 Å². The lowest BCUT2D eigenvalue weighted by Gasteiger charge is -2.40. The fourth-order valence-electron chi connectivity index (χ4n) is 3.03. The van der Waals surface area contributed by atoms with E-state index in [1.807, 2.05) is 11.8 Å². The average Bonchev–Trinajstić information content (AvgIpc) is 3.21. The lowest BCUT2D eigenvalue weighted by Crippen LogP contribution is -2.59. The molecule has 1 amide bonds. The number of nitrogens with zero attached hydrogens (tertiary/aromatic N) is 2. The van der Waals surface area contributed by atoms with Gasteiger partial charge < -0.3 is 20.6 Å². The van der Waals surface area contributed by atoms with E-state index in [-0.39, 0.29) is 18.6 Å². The fraction of sp³-hybridized carbons (Fsp3) is 0.929. The molecule has 2 rings (SSSR count). The highest BCUT2D eigenvalue weighted by atomic mass is 16.3. The number of piperidine rings is 1. The van der Waals surface area contributed by atoms with Gasteiger partial charge in [0.15, 0.2) is 0 Å². The number of nitrogens with two attached hydrogens (primary N) is 1. The third kappa shape index (κ3) is 3.27. The molecule has 1 saturated heterocycles. The number of carbonyl (C=O) groups excluding carboxylic acids is 1. The predicted molar refractivity (Wildman–Crippen MR) is 74.6 cm³/mol. The van der Waals surface area contributed by atoms with Crippen LogP contribution in [0, 0.1) is 5.92 Å². The van der Waals surface area contributed by atoms with Crippen molar-refractivity contribution < 1.29 is 9.90 Å². The van der Waals surface area contributed by atoms with Gasteiger partial charge in [-0.25, -0.2) is 0 Å². The summed E-state index contributed by atoms with van der Waals surface area (Å²) in [5.74, 6) is 0.353. The van der Waals surface area contributed by atoms with Gasteiger partial charge in [-0.3, -0.25) is 4.79 Å². The Hall–Kier alpha value is -0.650. The van der Waals surface area contributed by atoms with E-state index >= 15 is 0 Å². The second-order valence-corrected chi connectivity index (χ2v) is 6.31. The van der Waals surface area contributed by atoms with Crippen molar-refractivity contribution in [1.29, 1.82) is 0 Å². The van der Waals surface area contributed by atoms with E-state index in [9.17, 15) is 9.90 Å². The summed E-state index contributed by atoms with van der Waals surface area (Å²) in [7, 11) is 2.10. The lowest BCUT2D eigenvalue weighted by atomic mass is 9.93. The van der Waals surface area contributed by atoms with Crippen molar-refractivity contribution in [2.24, 2.45) is 11.7 Å². The van der Waals surface area contributed by atoms with Crippen molar-refractivity contribution in [2.45, 2.75) is 44.2 Å². The largest absolute Gasteiger partial charge is 0.395 e. The molecule has 0 aromatic carbocycles. The summed E-state index contributed by atoms with van der Waals surface area (Å²) < 4.78 is 0. The Morgan fingerprint density at radius 1 is 1.37 bits per heavy atom. The lowest BCUT2D eigenvalue weighted by molar-refractivity contribution is -0.141. The Bertz CT molecular complexity index is 321. The smallest absolute Gasteiger partial charge is 0.242 e. The number of hydrogen-bond acceptors (Lipinski definition) is 4. The van der Waals surface area contributed by atoms with Gasteiger partial charge >= 0.3 is 0 Å². The minimum absolute atomic E-state index is 0.0127. The van der Waals surface area contributed by atoms with Crippen LogP contribution in [0.5, 0.6) is 0 Å². The fourth-order valence-corrected chi connectivity index (χ4v) is 3.03. The standard InChI is InChI=1S/C14H27N3O2/c1-14(15,11-3-4-11)13(19)17(9-10-18)12-5-7-16(2)8-6-12/h11-12,18H,3-10,15H2,1-2H3. The van der Waals surface area contributed by atoms with E-state index in [1.54, 1.807) is 0 Å². The number of aliphatic hydroxyl groups excluding tert-OH is 1. The summed E-state index contributed by atoms with van der Waals surface area (Å²) in [5, 5.41) is 9.24. The summed E-state index contributed by atoms with van der Waals surface area (Å²) in [4.78, 5) is 16.8. The van der Waals surface area contributed by atoms with Gasteiger partial charge in [0, 0.05) is 12.6 Å². The Balaban J connectivity index is 2.04. The zero-order chi connectivity index (χ0) is 14.0. The number of rotatable bonds is 5. The van der Waals surface area contributed by atoms with Crippen molar-refractivity contribution in [3.05, 3.63) is 0 Å². The first-order chi connectivity index (χ1) is 8.96. The molecule has 0 radical (unpaired) electrons. The molecule has 1 aliphatic heterocycles. The average molecular weight is 269 g/mol. The normalized spacial score (nSPS) is 25.1. The number of likely N-dealkylation sites (tertiary alicyclic amines) is 1. The van der Waals surface area contributed by atoms with Crippen molar-refractivity contribution >= 4 is 5.91 Å². The van der Waals surface area contributed by atoms with Crippen LogP contribution in [0.25, 0.3) is 0 Å². The Morgan fingerprint density at radius 3 is 2.42 bits per heavy atom. The van der Waals surface area contributed by atoms with Crippen LogP contribution in [-0.4, -0.2) is 65.7 Å². The molecule has 2 fully saturated rings. The summed E-state index contributed by atoms with van der Waals surface area (Å²) in [6.07, 6.45) is 4.06. The van der Waals surface area contributed by atoms with Crippen LogP contribution >= 0.6 is 0 Å². The maximum Gasteiger partial charge on any atom is 0.242 e. The summed E-state index contributed by atoms with van der Waals surface area (Å²) >= 11 is 0. The van der Waals surface area contributed by atoms with Gasteiger partial charge in [-0.15, -0.1) is 0 Å². The van der Waals surface area contributed by atoms with Gasteiger partial charge in [0.25, 0.3) is 0 Å². The van der Waals surface area contributed by atoms with Gasteiger partial charge in [-0.05, 0) is 58.7 Å². The van der Waals surface area contributed by atoms with Gasteiger partial charge in [0.05, 0.1) is 12.1 Å². The second kappa shape index (κ2) is 5.77. The SMILES string of the molecule is CN1CCC(N(CCO)C(=O)C(C)(N)C2CC2)CC1. The summed E-state index contributed by atoms with van der Waals surface area (Å²) in [6.45, 7) is 4.28. The van der Waals surface area contributed by atoms with Gasteiger partial charge in [0.1, 0.15) is 0 Å². The number of amides is 1. The molecular weight excluding hydrogens is 242 g/mol. The molecule has 1 unspecified atom stereocenters. The van der Waals surface area contributed by atoms with Crippen LogP contribution in [0.15, 0.2) is 0 Å². The highest BCUT2D eigenvalue weighted by Crippen LogP contribution is 2.39. The van der Waals surface area contributed by atoms with Gasteiger partial charge in [0.2, 0.25) is 5.91 Å². The summed E-state index contributed by atoms with van der Waals surface area (Å²) in [5.41, 5.74) is 5.50. The van der Waals surface area contributed by atoms with Crippen molar-refractivity contribution in [2.75, 3.05) is 33.3 Å². The molecule has 1 saturated carbocycles. The molecule has 2 aliphatic rings. The monoisotopic (exact) mass is 269 g/mol. The maximum atomic E-state index is 12.7. The Kier molecular flexibility index (Phi) is 4.48. The highest BCUT2D eigenvalue weighted by Gasteiger charge is 2.47. The molecule has 1 atom stereocenters. The minimum atomic E-state index is -0.751. The molecule has 0 bridgehead atoms. The second-order valence-electron chi connectivity index (χ2n) is 6.31. The summed E-state index contributed by atoms with van der Waals surface area (Å²) in [6, 6.07) is 0.234. The van der Waals surface area contributed by atoms with Crippen LogP contribution in [0.3, 0.4) is 0 Å². The number of hydrogen-bond donors (Lipinski definition) is 2. The molecule has 19 heavy (non-hydrogen) atoms. The van der Waals surface area contributed by atoms with Gasteiger partial charge in [-0.2, -0.15) is 0 Å². The Morgan fingerprint density at radius 2 is 1.95 bits per heavy atom. The van der Waals surface area contributed by atoms with Crippen molar-refractivity contribution in [1.82, 2.24) is 9.80 Å². The minimum Gasteiger partial charge on any atom is -0.395 e. The van der Waals surface area contributed by atoms with Crippen LogP contribution in [0.4, 0.5) is 0 Å². The van der Waals surface area contributed by atoms with Crippen molar-refractivity contribution in [3.8, 4) is 0 Å². The quantitative estimate of drug-likeness (QED) is 0.739. The third-order valence-corrected chi connectivity index (χ3v) is 4.62. The maximum absolute atomic E-state index is 12.7. The van der Waals surface area contributed by atoms with E-state index in [0.29, 0.717) is 12.5 Å². The predicted octanol–water partition coefficient (Wildman–Crippen LogP) is 0.0289. The molecule has 5 nitrogen and oxygen atoms in total.